The SMILES string of the molecule is O=C(O)C(=O)NF. The molecule has 7 heavy (non-hydrogen) atoms. The number of hydrogen-bond donors (Lipinski definition) is 2. The van der Waals surface area contributed by atoms with E-state index in [-0.39, 0.29) is 0 Å². The van der Waals surface area contributed by atoms with Gasteiger partial charge in [-0.2, -0.15) is 5.54 Å². The normalized spacial score (nSPS) is 7.57. The van der Waals surface area contributed by atoms with Crippen LogP contribution in [-0.4, -0.2) is 17.0 Å². The average Bonchev–Trinajstić information content (AvgIpc) is 1.65. The maximum absolute atomic E-state index is 10.7. The summed E-state index contributed by atoms with van der Waals surface area (Å²) in [6.07, 6.45) is 0. The molecule has 0 aromatic carbocycles. The Labute approximate surface area is 37.9 Å². The molecule has 0 aliphatic rings. The second-order valence-electron chi connectivity index (χ2n) is 0.729. The molecule has 0 saturated heterocycles. The van der Waals surface area contributed by atoms with Crippen molar-refractivity contribution < 1.29 is 19.2 Å². The molecule has 0 unspecified atom stereocenters. The Hall–Kier alpha value is -1.13. The highest BCUT2D eigenvalue weighted by Crippen LogP contribution is 1.61. The second-order valence-corrected chi connectivity index (χ2v) is 0.729. The average molecular weight is 107 g/mol. The van der Waals surface area contributed by atoms with Crippen molar-refractivity contribution in [2.24, 2.45) is 0 Å². The summed E-state index contributed by atoms with van der Waals surface area (Å²) in [7, 11) is 0. The maximum atomic E-state index is 10.7. The second kappa shape index (κ2) is 2.12. The third kappa shape index (κ3) is 1.69. The third-order valence-electron chi connectivity index (χ3n) is 0.280. The van der Waals surface area contributed by atoms with Crippen LogP contribution in [0.25, 0.3) is 0 Å². The Morgan fingerprint density at radius 2 is 2.00 bits per heavy atom. The Kier molecular flexibility index (Phi) is 1.78. The van der Waals surface area contributed by atoms with E-state index in [1.165, 1.54) is 0 Å². The van der Waals surface area contributed by atoms with Crippen LogP contribution in [0.5, 0.6) is 0 Å². The first-order valence-corrected chi connectivity index (χ1v) is 1.32. The highest BCUT2D eigenvalue weighted by Gasteiger charge is 2.07. The first kappa shape index (κ1) is 5.87. The van der Waals surface area contributed by atoms with E-state index in [0.29, 0.717) is 5.54 Å². The van der Waals surface area contributed by atoms with E-state index in [4.69, 9.17) is 5.11 Å². The van der Waals surface area contributed by atoms with Crippen LogP contribution in [0, 0.1) is 0 Å². The standard InChI is InChI=1S/C2H2FNO3/c3-4-1(5)2(6)7/h(H,4,5)(H,6,7). The number of carbonyl (C=O) groups is 2. The number of rotatable bonds is 0. The largest absolute Gasteiger partial charge is 0.474 e. The van der Waals surface area contributed by atoms with E-state index < -0.39 is 11.9 Å². The molecule has 2 N–H and O–H groups in total. The fourth-order valence-electron chi connectivity index (χ4n) is 0.0404. The molecule has 0 aromatic rings. The molecular weight excluding hydrogens is 105 g/mol. The number of hydrogen-bond acceptors (Lipinski definition) is 2. The zero-order valence-corrected chi connectivity index (χ0v) is 3.14. The minimum Gasteiger partial charge on any atom is -0.474 e. The first-order chi connectivity index (χ1) is 3.18. The predicted molar refractivity (Wildman–Crippen MR) is 16.9 cm³/mol. The van der Waals surface area contributed by atoms with E-state index in [1.807, 2.05) is 0 Å². The van der Waals surface area contributed by atoms with E-state index in [2.05, 4.69) is 0 Å². The van der Waals surface area contributed by atoms with Crippen LogP contribution in [-0.2, 0) is 9.59 Å². The number of amides is 1. The predicted octanol–water partition coefficient (Wildman–Crippen LogP) is -0.928. The van der Waals surface area contributed by atoms with Crippen LogP contribution in [0.4, 0.5) is 4.48 Å². The van der Waals surface area contributed by atoms with Gasteiger partial charge in [0, 0.05) is 0 Å². The van der Waals surface area contributed by atoms with Crippen molar-refractivity contribution in [3.63, 3.8) is 0 Å². The van der Waals surface area contributed by atoms with Gasteiger partial charge < -0.3 is 5.11 Å². The molecule has 0 atom stereocenters. The molecule has 0 aromatic heterocycles. The summed E-state index contributed by atoms with van der Waals surface area (Å²) >= 11 is 0. The number of carboxylic acid groups (broad SMARTS) is 1. The topological polar surface area (TPSA) is 66.4 Å². The van der Waals surface area contributed by atoms with E-state index in [0.717, 1.165) is 0 Å². The van der Waals surface area contributed by atoms with Crippen molar-refractivity contribution in [3.8, 4) is 0 Å². The van der Waals surface area contributed by atoms with Gasteiger partial charge in [-0.15, -0.1) is 0 Å². The molecule has 1 amide bonds. The number of carboxylic acids is 1. The summed E-state index contributed by atoms with van der Waals surface area (Å²) in [6.45, 7) is 0. The zero-order valence-electron chi connectivity index (χ0n) is 3.14. The maximum Gasteiger partial charge on any atom is 0.396 e. The summed E-state index contributed by atoms with van der Waals surface area (Å²) in [6, 6.07) is 0. The summed E-state index contributed by atoms with van der Waals surface area (Å²) in [5, 5.41) is 7.53. The fraction of sp³-hybridized carbons (Fsp3) is 0. The molecule has 4 nitrogen and oxygen atoms in total. The molecule has 0 aliphatic carbocycles. The first-order valence-electron chi connectivity index (χ1n) is 1.32. The smallest absolute Gasteiger partial charge is 0.396 e. The number of nitrogens with one attached hydrogen (secondary N) is 1. The van der Waals surface area contributed by atoms with Crippen LogP contribution < -0.4 is 5.54 Å². The van der Waals surface area contributed by atoms with Gasteiger partial charge in [-0.3, -0.25) is 4.79 Å². The number of halogens is 1. The van der Waals surface area contributed by atoms with Gasteiger partial charge in [0.1, 0.15) is 0 Å². The number of carbonyl (C=O) groups excluding carboxylic acids is 1. The summed E-state index contributed by atoms with van der Waals surface area (Å²) in [5.74, 6) is -3.48. The van der Waals surface area contributed by atoms with Gasteiger partial charge in [0.05, 0.1) is 0 Å². The fourth-order valence-corrected chi connectivity index (χ4v) is 0.0404. The lowest BCUT2D eigenvalue weighted by molar-refractivity contribution is -0.152. The Balaban J connectivity index is 3.58. The highest BCUT2D eigenvalue weighted by molar-refractivity contribution is 6.31. The quantitative estimate of drug-likeness (QED) is 0.310. The Bertz CT molecular complexity index is 101. The van der Waals surface area contributed by atoms with Crippen molar-refractivity contribution in [2.45, 2.75) is 0 Å². The monoisotopic (exact) mass is 107 g/mol. The molecule has 0 spiro atoms. The molecule has 5 heteroatoms. The molecule has 0 heterocycles. The van der Waals surface area contributed by atoms with Crippen LogP contribution in [0.2, 0.25) is 0 Å². The van der Waals surface area contributed by atoms with Gasteiger partial charge in [-0.25, -0.2) is 4.79 Å². The van der Waals surface area contributed by atoms with Crippen molar-refractivity contribution >= 4 is 11.9 Å². The molecule has 0 bridgehead atoms. The Morgan fingerprint density at radius 1 is 1.57 bits per heavy atom. The van der Waals surface area contributed by atoms with Crippen molar-refractivity contribution in [3.05, 3.63) is 0 Å². The van der Waals surface area contributed by atoms with Gasteiger partial charge >= 0.3 is 11.9 Å². The molecule has 0 rings (SSSR count). The van der Waals surface area contributed by atoms with E-state index in [9.17, 15) is 14.1 Å². The number of aliphatic carboxylic acids is 1. The van der Waals surface area contributed by atoms with E-state index >= 15 is 0 Å². The minimum absolute atomic E-state index is 0.426. The molecule has 0 aliphatic heterocycles. The summed E-state index contributed by atoms with van der Waals surface area (Å²) in [4.78, 5) is 18.7. The molecule has 0 radical (unpaired) electrons. The van der Waals surface area contributed by atoms with Gasteiger partial charge in [0.2, 0.25) is 0 Å². The van der Waals surface area contributed by atoms with Crippen molar-refractivity contribution in [1.29, 1.82) is 0 Å². The van der Waals surface area contributed by atoms with Crippen LogP contribution >= 0.6 is 0 Å². The van der Waals surface area contributed by atoms with Gasteiger partial charge in [-0.05, 0) is 0 Å². The van der Waals surface area contributed by atoms with Gasteiger partial charge in [0.15, 0.2) is 0 Å². The lowest BCUT2D eigenvalue weighted by Crippen LogP contribution is -2.23. The van der Waals surface area contributed by atoms with E-state index in [1.54, 1.807) is 0 Å². The lowest BCUT2D eigenvalue weighted by atomic mass is 10.7. The zero-order chi connectivity index (χ0) is 5.86. The molecule has 0 fully saturated rings. The molecule has 40 valence electrons. The summed E-state index contributed by atoms with van der Waals surface area (Å²) < 4.78 is 10.7. The van der Waals surface area contributed by atoms with Gasteiger partial charge in [-0.1, -0.05) is 4.48 Å². The van der Waals surface area contributed by atoms with Crippen molar-refractivity contribution in [1.82, 2.24) is 5.54 Å². The van der Waals surface area contributed by atoms with Gasteiger partial charge in [0.25, 0.3) is 0 Å². The molecular formula is C2H2FNO3. The highest BCUT2D eigenvalue weighted by atomic mass is 19.2. The lowest BCUT2D eigenvalue weighted by Gasteiger charge is -1.81. The Morgan fingerprint density at radius 3 is 2.00 bits per heavy atom. The van der Waals surface area contributed by atoms with Crippen LogP contribution in [0.15, 0.2) is 0 Å². The van der Waals surface area contributed by atoms with Crippen LogP contribution in [0.1, 0.15) is 0 Å². The summed E-state index contributed by atoms with van der Waals surface area (Å²) in [5.41, 5.74) is 0.426. The van der Waals surface area contributed by atoms with Crippen molar-refractivity contribution in [2.75, 3.05) is 0 Å². The third-order valence-corrected chi connectivity index (χ3v) is 0.280. The van der Waals surface area contributed by atoms with Crippen LogP contribution in [0.3, 0.4) is 0 Å². The minimum atomic E-state index is -1.83. The molecule has 0 saturated carbocycles.